The molecule has 1 saturated heterocycles. The lowest BCUT2D eigenvalue weighted by Crippen LogP contribution is -2.35. The van der Waals surface area contributed by atoms with E-state index in [1.54, 1.807) is 29.4 Å². The smallest absolute Gasteiger partial charge is 0.243 e. The van der Waals surface area contributed by atoms with E-state index in [1.165, 1.54) is 0 Å². The van der Waals surface area contributed by atoms with E-state index in [4.69, 9.17) is 15.9 Å². The Kier molecular flexibility index (Phi) is 4.84. The number of piperidine rings is 1. The van der Waals surface area contributed by atoms with Crippen molar-refractivity contribution in [1.29, 1.82) is 5.41 Å². The van der Waals surface area contributed by atoms with Crippen LogP contribution >= 0.6 is 0 Å². The maximum absolute atomic E-state index is 12.5. The van der Waals surface area contributed by atoms with Crippen molar-refractivity contribution in [3.8, 4) is 5.75 Å². The van der Waals surface area contributed by atoms with Gasteiger partial charge in [0.15, 0.2) is 0 Å². The maximum Gasteiger partial charge on any atom is 0.243 e. The van der Waals surface area contributed by atoms with Crippen molar-refractivity contribution in [2.24, 2.45) is 5.73 Å². The maximum atomic E-state index is 12.5. The van der Waals surface area contributed by atoms with Gasteiger partial charge in [0.1, 0.15) is 18.2 Å². The first kappa shape index (κ1) is 15.8. The topological polar surface area (TPSA) is 96.5 Å². The van der Waals surface area contributed by atoms with Gasteiger partial charge < -0.3 is 10.5 Å². The van der Waals surface area contributed by atoms with Gasteiger partial charge in [0.25, 0.3) is 0 Å². The zero-order valence-corrected chi connectivity index (χ0v) is 12.9. The number of amidine groups is 1. The minimum Gasteiger partial charge on any atom is -0.485 e. The fourth-order valence-corrected chi connectivity index (χ4v) is 3.96. The van der Waals surface area contributed by atoms with Crippen LogP contribution in [-0.4, -0.2) is 38.3 Å². The van der Waals surface area contributed by atoms with Gasteiger partial charge in [-0.2, -0.15) is 4.31 Å². The predicted molar refractivity (Wildman–Crippen MR) is 81.2 cm³/mol. The zero-order chi connectivity index (χ0) is 15.5. The quantitative estimate of drug-likeness (QED) is 0.636. The van der Waals surface area contributed by atoms with E-state index >= 15 is 0 Å². The summed E-state index contributed by atoms with van der Waals surface area (Å²) >= 11 is 0. The summed E-state index contributed by atoms with van der Waals surface area (Å²) in [5.74, 6) is 0.474. The molecule has 0 aliphatic carbocycles. The molecule has 0 amide bonds. The predicted octanol–water partition coefficient (Wildman–Crippen LogP) is 1.48. The summed E-state index contributed by atoms with van der Waals surface area (Å²) in [6.45, 7) is 2.96. The Balaban J connectivity index is 2.20. The van der Waals surface area contributed by atoms with Crippen LogP contribution in [0.25, 0.3) is 0 Å². The summed E-state index contributed by atoms with van der Waals surface area (Å²) in [6.07, 6.45) is 2.92. The number of nitrogens with one attached hydrogen (secondary N) is 1. The Labute approximate surface area is 125 Å². The SMILES string of the molecule is Cc1cc(S(=O)(=O)N2CCCCC2)ccc1OCC(=N)N. The molecule has 0 atom stereocenters. The number of nitrogens with two attached hydrogens (primary N) is 1. The van der Waals surface area contributed by atoms with Gasteiger partial charge in [-0.25, -0.2) is 8.42 Å². The monoisotopic (exact) mass is 311 g/mol. The van der Waals surface area contributed by atoms with Gasteiger partial charge in [0.2, 0.25) is 10.0 Å². The zero-order valence-electron chi connectivity index (χ0n) is 12.1. The number of aryl methyl sites for hydroxylation is 1. The fourth-order valence-electron chi connectivity index (χ4n) is 2.35. The van der Waals surface area contributed by atoms with Crippen LogP contribution in [0.2, 0.25) is 0 Å². The molecule has 0 spiro atoms. The summed E-state index contributed by atoms with van der Waals surface area (Å²) in [5.41, 5.74) is 5.96. The molecule has 1 fully saturated rings. The van der Waals surface area contributed by atoms with Crippen LogP contribution in [0.4, 0.5) is 0 Å². The highest BCUT2D eigenvalue weighted by atomic mass is 32.2. The van der Waals surface area contributed by atoms with Crippen molar-refractivity contribution in [3.05, 3.63) is 23.8 Å². The number of nitrogens with zero attached hydrogens (tertiary/aromatic N) is 1. The highest BCUT2D eigenvalue weighted by molar-refractivity contribution is 7.89. The highest BCUT2D eigenvalue weighted by Gasteiger charge is 2.26. The molecule has 21 heavy (non-hydrogen) atoms. The molecule has 1 aliphatic rings. The van der Waals surface area contributed by atoms with Gasteiger partial charge >= 0.3 is 0 Å². The lowest BCUT2D eigenvalue weighted by atomic mass is 10.2. The van der Waals surface area contributed by atoms with Gasteiger partial charge in [-0.15, -0.1) is 0 Å². The van der Waals surface area contributed by atoms with Crippen molar-refractivity contribution >= 4 is 15.9 Å². The summed E-state index contributed by atoms with van der Waals surface area (Å²) in [7, 11) is -3.42. The molecular formula is C14H21N3O3S. The Morgan fingerprint density at radius 3 is 2.57 bits per heavy atom. The van der Waals surface area contributed by atoms with Gasteiger partial charge in [0.05, 0.1) is 4.90 Å². The number of rotatable bonds is 5. The minimum atomic E-state index is -3.42. The van der Waals surface area contributed by atoms with Gasteiger partial charge in [-0.3, -0.25) is 5.41 Å². The van der Waals surface area contributed by atoms with Crippen LogP contribution in [0.3, 0.4) is 0 Å². The van der Waals surface area contributed by atoms with Crippen LogP contribution in [-0.2, 0) is 10.0 Å². The largest absolute Gasteiger partial charge is 0.485 e. The summed E-state index contributed by atoms with van der Waals surface area (Å²) in [6, 6.07) is 4.78. The molecule has 0 unspecified atom stereocenters. The van der Waals surface area contributed by atoms with E-state index in [2.05, 4.69) is 0 Å². The second-order valence-electron chi connectivity index (χ2n) is 5.21. The van der Waals surface area contributed by atoms with Gasteiger partial charge in [-0.05, 0) is 43.5 Å². The average Bonchev–Trinajstić information content (AvgIpc) is 2.46. The van der Waals surface area contributed by atoms with Crippen LogP contribution in [0, 0.1) is 12.3 Å². The molecule has 6 nitrogen and oxygen atoms in total. The van der Waals surface area contributed by atoms with Crippen LogP contribution in [0.15, 0.2) is 23.1 Å². The summed E-state index contributed by atoms with van der Waals surface area (Å²) in [5, 5.41) is 7.14. The molecule has 1 aromatic rings. The van der Waals surface area contributed by atoms with Crippen LogP contribution in [0.5, 0.6) is 5.75 Å². The van der Waals surface area contributed by atoms with Crippen molar-refractivity contribution in [1.82, 2.24) is 4.31 Å². The van der Waals surface area contributed by atoms with Crippen molar-refractivity contribution < 1.29 is 13.2 Å². The van der Waals surface area contributed by atoms with E-state index in [-0.39, 0.29) is 17.3 Å². The molecule has 1 heterocycles. The Bertz CT molecular complexity index is 622. The molecule has 0 radical (unpaired) electrons. The van der Waals surface area contributed by atoms with E-state index in [0.29, 0.717) is 24.4 Å². The lowest BCUT2D eigenvalue weighted by molar-refractivity contribution is 0.346. The molecular weight excluding hydrogens is 290 g/mol. The molecule has 3 N–H and O–H groups in total. The number of hydrogen-bond donors (Lipinski definition) is 2. The van der Waals surface area contributed by atoms with Crippen LogP contribution < -0.4 is 10.5 Å². The van der Waals surface area contributed by atoms with Crippen molar-refractivity contribution in [3.63, 3.8) is 0 Å². The Morgan fingerprint density at radius 1 is 1.33 bits per heavy atom. The van der Waals surface area contributed by atoms with Gasteiger partial charge in [-0.1, -0.05) is 6.42 Å². The Morgan fingerprint density at radius 2 is 2.00 bits per heavy atom. The molecule has 1 aromatic carbocycles. The van der Waals surface area contributed by atoms with Crippen molar-refractivity contribution in [2.45, 2.75) is 31.1 Å². The summed E-state index contributed by atoms with van der Waals surface area (Å²) < 4.78 is 32.0. The average molecular weight is 311 g/mol. The summed E-state index contributed by atoms with van der Waals surface area (Å²) in [4.78, 5) is 0.289. The third-order valence-corrected chi connectivity index (χ3v) is 5.38. The second kappa shape index (κ2) is 6.44. The van der Waals surface area contributed by atoms with E-state index < -0.39 is 10.0 Å². The molecule has 0 aromatic heterocycles. The molecule has 0 saturated carbocycles. The number of ether oxygens (including phenoxy) is 1. The molecule has 1 aliphatic heterocycles. The third-order valence-electron chi connectivity index (χ3n) is 3.48. The molecule has 2 rings (SSSR count). The van der Waals surface area contributed by atoms with E-state index in [1.807, 2.05) is 0 Å². The third kappa shape index (κ3) is 3.74. The first-order valence-corrected chi connectivity index (χ1v) is 8.42. The molecule has 7 heteroatoms. The highest BCUT2D eigenvalue weighted by Crippen LogP contribution is 2.25. The second-order valence-corrected chi connectivity index (χ2v) is 7.14. The standard InChI is InChI=1S/C14H21N3O3S/c1-11-9-12(5-6-13(11)20-10-14(15)16)21(18,19)17-7-3-2-4-8-17/h5-6,9H,2-4,7-8,10H2,1H3,(H3,15,16). The van der Waals surface area contributed by atoms with E-state index in [0.717, 1.165) is 19.3 Å². The first-order chi connectivity index (χ1) is 9.91. The van der Waals surface area contributed by atoms with Crippen LogP contribution in [0.1, 0.15) is 24.8 Å². The normalized spacial score (nSPS) is 16.6. The van der Waals surface area contributed by atoms with E-state index in [9.17, 15) is 8.42 Å². The van der Waals surface area contributed by atoms with Crippen molar-refractivity contribution in [2.75, 3.05) is 19.7 Å². The Hall–Kier alpha value is -1.60. The molecule has 116 valence electrons. The number of benzene rings is 1. The molecule has 0 bridgehead atoms. The first-order valence-electron chi connectivity index (χ1n) is 6.98. The number of sulfonamides is 1. The minimum absolute atomic E-state index is 0.000931. The number of hydrogen-bond acceptors (Lipinski definition) is 4. The van der Waals surface area contributed by atoms with Gasteiger partial charge in [0, 0.05) is 13.1 Å². The fraction of sp³-hybridized carbons (Fsp3) is 0.500. The lowest BCUT2D eigenvalue weighted by Gasteiger charge is -2.26.